The normalized spacial score (nSPS) is 29.0. The highest BCUT2D eigenvalue weighted by Crippen LogP contribution is 2.67. The summed E-state index contributed by atoms with van der Waals surface area (Å²) in [6.45, 7) is 17.6. The zero-order valence-corrected chi connectivity index (χ0v) is 36.9. The fraction of sp³-hybridized carbons (Fsp3) is 0.736. The van der Waals surface area contributed by atoms with Crippen LogP contribution in [0.2, 0.25) is 0 Å². The molecule has 0 N–H and O–H groups in total. The van der Waals surface area contributed by atoms with Gasteiger partial charge in [-0.15, -0.1) is 0 Å². The van der Waals surface area contributed by atoms with Gasteiger partial charge in [0, 0.05) is 6.61 Å². The minimum Gasteiger partial charge on any atom is -0.494 e. The second kappa shape index (κ2) is 21.1. The molecule has 0 aliphatic heterocycles. The molecule has 2 aromatic rings. The number of benzene rings is 2. The molecular formula is C53H82O3. The maximum absolute atomic E-state index is 6.58. The summed E-state index contributed by atoms with van der Waals surface area (Å²) in [4.78, 5) is 0. The average molecular weight is 767 g/mol. The van der Waals surface area contributed by atoms with Crippen LogP contribution in [0, 0.1) is 46.3 Å². The molecule has 0 heterocycles. The average Bonchev–Trinajstić information content (AvgIpc) is 3.56. The van der Waals surface area contributed by atoms with E-state index in [1.54, 1.807) is 5.57 Å². The molecule has 2 aromatic carbocycles. The van der Waals surface area contributed by atoms with Gasteiger partial charge >= 0.3 is 0 Å². The lowest BCUT2D eigenvalue weighted by Gasteiger charge is -2.58. The first-order valence-electron chi connectivity index (χ1n) is 24.0. The Hall–Kier alpha value is -2.26. The van der Waals surface area contributed by atoms with Crippen LogP contribution in [0.1, 0.15) is 176 Å². The zero-order valence-electron chi connectivity index (χ0n) is 36.9. The zero-order chi connectivity index (χ0) is 39.4. The third-order valence-electron chi connectivity index (χ3n) is 15.7. The van der Waals surface area contributed by atoms with Crippen molar-refractivity contribution in [3.63, 3.8) is 0 Å². The highest BCUT2D eigenvalue weighted by molar-refractivity contribution is 5.64. The summed E-state index contributed by atoms with van der Waals surface area (Å²) >= 11 is 0. The summed E-state index contributed by atoms with van der Waals surface area (Å²) < 4.78 is 18.6. The van der Waals surface area contributed by atoms with Gasteiger partial charge in [-0.2, -0.15) is 0 Å². The first-order chi connectivity index (χ1) is 27.2. The maximum Gasteiger partial charge on any atom is 0.119 e. The number of unbranched alkanes of at least 4 members (excludes halogenated alkanes) is 8. The van der Waals surface area contributed by atoms with E-state index in [2.05, 4.69) is 96.1 Å². The smallest absolute Gasteiger partial charge is 0.119 e. The van der Waals surface area contributed by atoms with Crippen LogP contribution in [0.3, 0.4) is 0 Å². The van der Waals surface area contributed by atoms with E-state index in [1.807, 2.05) is 0 Å². The number of rotatable bonds is 23. The Morgan fingerprint density at radius 2 is 1.23 bits per heavy atom. The van der Waals surface area contributed by atoms with E-state index in [0.717, 1.165) is 79.7 Å². The minimum atomic E-state index is 0.425. The number of fused-ring (bicyclic) bond motifs is 5. The van der Waals surface area contributed by atoms with Crippen LogP contribution in [0.5, 0.6) is 11.5 Å². The number of allylic oxidation sites excluding steroid dienone is 1. The lowest BCUT2D eigenvalue weighted by Crippen LogP contribution is -2.51. The highest BCUT2D eigenvalue weighted by Gasteiger charge is 2.59. The Bertz CT molecular complexity index is 1460. The summed E-state index contributed by atoms with van der Waals surface area (Å²) in [5.41, 5.74) is 5.21. The van der Waals surface area contributed by atoms with Crippen molar-refractivity contribution in [3.8, 4) is 22.6 Å². The quantitative estimate of drug-likeness (QED) is 0.0833. The molecule has 0 saturated heterocycles. The fourth-order valence-electron chi connectivity index (χ4n) is 12.4. The van der Waals surface area contributed by atoms with Gasteiger partial charge in [0.2, 0.25) is 0 Å². The van der Waals surface area contributed by atoms with Gasteiger partial charge in [-0.3, -0.25) is 0 Å². The van der Waals surface area contributed by atoms with E-state index in [4.69, 9.17) is 14.2 Å². The van der Waals surface area contributed by atoms with Crippen molar-refractivity contribution in [3.05, 3.63) is 60.2 Å². The van der Waals surface area contributed by atoms with Gasteiger partial charge in [0.05, 0.1) is 19.3 Å². The van der Waals surface area contributed by atoms with Crippen molar-refractivity contribution in [1.29, 1.82) is 0 Å². The van der Waals surface area contributed by atoms with Gasteiger partial charge in [-0.25, -0.2) is 0 Å². The molecule has 3 fully saturated rings. The molecule has 6 rings (SSSR count). The molecular weight excluding hydrogens is 685 g/mol. The third-order valence-corrected chi connectivity index (χ3v) is 15.7. The van der Waals surface area contributed by atoms with Crippen LogP contribution in [-0.2, 0) is 4.74 Å². The van der Waals surface area contributed by atoms with Gasteiger partial charge in [0.1, 0.15) is 11.5 Å². The maximum atomic E-state index is 6.58. The van der Waals surface area contributed by atoms with E-state index in [1.165, 1.54) is 133 Å². The van der Waals surface area contributed by atoms with Crippen LogP contribution in [-0.4, -0.2) is 25.9 Å². The Kier molecular flexibility index (Phi) is 16.3. The van der Waals surface area contributed by atoms with Crippen LogP contribution in [0.25, 0.3) is 11.1 Å². The lowest BCUT2D eigenvalue weighted by molar-refractivity contribution is -0.0641. The molecule has 312 valence electrons. The molecule has 3 nitrogen and oxygen atoms in total. The van der Waals surface area contributed by atoms with Gasteiger partial charge < -0.3 is 14.2 Å². The van der Waals surface area contributed by atoms with Crippen LogP contribution in [0.4, 0.5) is 0 Å². The first-order valence-corrected chi connectivity index (χ1v) is 24.0. The summed E-state index contributed by atoms with van der Waals surface area (Å²) in [7, 11) is 0. The predicted octanol–water partition coefficient (Wildman–Crippen LogP) is 15.5. The molecule has 3 saturated carbocycles. The predicted molar refractivity (Wildman–Crippen MR) is 237 cm³/mol. The summed E-state index contributed by atoms with van der Waals surface area (Å²) in [6.07, 6.45) is 30.9. The largest absolute Gasteiger partial charge is 0.494 e. The minimum absolute atomic E-state index is 0.425. The Balaban J connectivity index is 0.819. The van der Waals surface area contributed by atoms with E-state index < -0.39 is 0 Å². The summed E-state index contributed by atoms with van der Waals surface area (Å²) in [5, 5.41) is 0. The molecule has 3 heteroatoms. The summed E-state index contributed by atoms with van der Waals surface area (Å²) in [6, 6.07) is 17.0. The van der Waals surface area contributed by atoms with E-state index in [-0.39, 0.29) is 0 Å². The second-order valence-corrected chi connectivity index (χ2v) is 20.0. The molecule has 0 amide bonds. The van der Waals surface area contributed by atoms with Crippen molar-refractivity contribution in [2.75, 3.05) is 19.8 Å². The number of hydrogen-bond acceptors (Lipinski definition) is 3. The van der Waals surface area contributed by atoms with Crippen molar-refractivity contribution >= 4 is 0 Å². The number of hydrogen-bond donors (Lipinski definition) is 0. The van der Waals surface area contributed by atoms with Crippen LogP contribution < -0.4 is 9.47 Å². The molecule has 0 unspecified atom stereocenters. The van der Waals surface area contributed by atoms with Crippen LogP contribution in [0.15, 0.2) is 60.2 Å². The molecule has 4 aliphatic rings. The van der Waals surface area contributed by atoms with E-state index >= 15 is 0 Å². The van der Waals surface area contributed by atoms with Gasteiger partial charge in [-0.05, 0) is 152 Å². The molecule has 4 aliphatic carbocycles. The Labute approximate surface area is 344 Å². The SMILES string of the molecule is CCCCCCOc1ccc(-c2ccc(OCCCCCCCCO[C@H]3CC[C@@]4(C)C(=CC[C@H]5[C@@H]6CC[C@H]([C@H](C)CCCC(C)C)[C@@]6(C)CC[C@@H]54)C3)cc2)cc1. The molecule has 56 heavy (non-hydrogen) atoms. The topological polar surface area (TPSA) is 27.7 Å². The van der Waals surface area contributed by atoms with Crippen molar-refractivity contribution in [2.24, 2.45) is 46.3 Å². The molecule has 0 radical (unpaired) electrons. The van der Waals surface area contributed by atoms with E-state index in [9.17, 15) is 0 Å². The fourth-order valence-corrected chi connectivity index (χ4v) is 12.4. The molecule has 0 aromatic heterocycles. The van der Waals surface area contributed by atoms with Crippen molar-refractivity contribution in [2.45, 2.75) is 182 Å². The van der Waals surface area contributed by atoms with E-state index in [0.29, 0.717) is 16.9 Å². The van der Waals surface area contributed by atoms with Gasteiger partial charge in [0.15, 0.2) is 0 Å². The molecule has 8 atom stereocenters. The third kappa shape index (κ3) is 11.1. The molecule has 0 bridgehead atoms. The summed E-state index contributed by atoms with van der Waals surface area (Å²) in [5.74, 6) is 7.40. The Morgan fingerprint density at radius 3 is 1.86 bits per heavy atom. The Morgan fingerprint density at radius 1 is 0.625 bits per heavy atom. The number of ether oxygens (including phenoxy) is 3. The van der Waals surface area contributed by atoms with Crippen LogP contribution >= 0.6 is 0 Å². The van der Waals surface area contributed by atoms with Gasteiger partial charge in [0.25, 0.3) is 0 Å². The lowest BCUT2D eigenvalue weighted by atomic mass is 9.47. The molecule has 0 spiro atoms. The van der Waals surface area contributed by atoms with Gasteiger partial charge in [-0.1, -0.05) is 142 Å². The second-order valence-electron chi connectivity index (χ2n) is 20.0. The van der Waals surface area contributed by atoms with Crippen molar-refractivity contribution < 1.29 is 14.2 Å². The first kappa shape index (κ1) is 43.3. The standard InChI is InChI=1S/C53H82O3/c1-7-8-9-14-36-54-45-25-20-42(21-26-45)43-22-27-46(28-23-43)55-37-15-12-10-11-13-16-38-56-47-32-34-52(5)44(39-47)24-29-48-50-31-30-49(41(4)19-17-18-40(2)3)53(50,6)35-33-51(48)52/h20-28,40-41,47-51H,7-19,29-39H2,1-6H3/t41-,47+,48+,49-,50+,51+,52+,53-/m1/s1. The monoisotopic (exact) mass is 767 g/mol. The van der Waals surface area contributed by atoms with Crippen molar-refractivity contribution in [1.82, 2.24) is 0 Å². The highest BCUT2D eigenvalue weighted by atomic mass is 16.5.